The standard InChI is InChI=1S/C14H24N4O/c1-4-5-6-7-13(15-3)14(19)18-10-12-9-16-11(2)8-17-12/h8-9,13,15H,4-7,10H2,1-3H3,(H,18,19). The molecule has 5 nitrogen and oxygen atoms in total. The number of carbonyl (C=O) groups is 1. The summed E-state index contributed by atoms with van der Waals surface area (Å²) in [6, 6.07) is -0.120. The summed E-state index contributed by atoms with van der Waals surface area (Å²) in [5, 5.41) is 5.95. The van der Waals surface area contributed by atoms with Crippen LogP contribution >= 0.6 is 0 Å². The van der Waals surface area contributed by atoms with Crippen molar-refractivity contribution in [1.29, 1.82) is 0 Å². The van der Waals surface area contributed by atoms with Crippen LogP contribution in [0.5, 0.6) is 0 Å². The van der Waals surface area contributed by atoms with Crippen LogP contribution in [0.1, 0.15) is 44.0 Å². The van der Waals surface area contributed by atoms with Gasteiger partial charge in [-0.2, -0.15) is 0 Å². The maximum Gasteiger partial charge on any atom is 0.237 e. The van der Waals surface area contributed by atoms with Crippen LogP contribution in [-0.4, -0.2) is 29.0 Å². The Morgan fingerprint density at radius 2 is 2.11 bits per heavy atom. The van der Waals surface area contributed by atoms with Gasteiger partial charge < -0.3 is 10.6 Å². The van der Waals surface area contributed by atoms with E-state index in [0.29, 0.717) is 6.54 Å². The number of aromatic nitrogens is 2. The molecule has 1 aromatic heterocycles. The highest BCUT2D eigenvalue weighted by Gasteiger charge is 2.15. The summed E-state index contributed by atoms with van der Waals surface area (Å²) in [5.74, 6) is 0.0287. The molecule has 0 aromatic carbocycles. The van der Waals surface area contributed by atoms with Crippen LogP contribution in [0.25, 0.3) is 0 Å². The Bertz CT molecular complexity index is 378. The zero-order valence-electron chi connectivity index (χ0n) is 12.1. The van der Waals surface area contributed by atoms with Gasteiger partial charge in [0.05, 0.1) is 30.2 Å². The van der Waals surface area contributed by atoms with Crippen molar-refractivity contribution in [2.75, 3.05) is 7.05 Å². The first-order valence-electron chi connectivity index (χ1n) is 6.89. The average Bonchev–Trinajstić information content (AvgIpc) is 2.43. The number of nitrogens with one attached hydrogen (secondary N) is 2. The molecular weight excluding hydrogens is 240 g/mol. The van der Waals surface area contributed by atoms with E-state index in [9.17, 15) is 4.79 Å². The highest BCUT2D eigenvalue weighted by molar-refractivity contribution is 5.81. The fraction of sp³-hybridized carbons (Fsp3) is 0.643. The van der Waals surface area contributed by atoms with Gasteiger partial charge in [-0.25, -0.2) is 0 Å². The largest absolute Gasteiger partial charge is 0.349 e. The van der Waals surface area contributed by atoms with Gasteiger partial charge in [0.1, 0.15) is 0 Å². The highest BCUT2D eigenvalue weighted by atomic mass is 16.2. The molecule has 0 saturated heterocycles. The predicted octanol–water partition coefficient (Wildman–Crippen LogP) is 1.57. The minimum absolute atomic E-state index is 0.0287. The molecular formula is C14H24N4O. The van der Waals surface area contributed by atoms with Crippen molar-refractivity contribution in [1.82, 2.24) is 20.6 Å². The first-order chi connectivity index (χ1) is 9.17. The summed E-state index contributed by atoms with van der Waals surface area (Å²) in [5.41, 5.74) is 1.66. The molecule has 1 rings (SSSR count). The van der Waals surface area contributed by atoms with Gasteiger partial charge in [-0.05, 0) is 20.4 Å². The lowest BCUT2D eigenvalue weighted by Crippen LogP contribution is -2.42. The Kier molecular flexibility index (Phi) is 7.03. The summed E-state index contributed by atoms with van der Waals surface area (Å²) in [7, 11) is 1.82. The van der Waals surface area contributed by atoms with Gasteiger partial charge in [0, 0.05) is 6.20 Å². The van der Waals surface area contributed by atoms with Crippen LogP contribution in [0.4, 0.5) is 0 Å². The second kappa shape index (κ2) is 8.58. The molecule has 0 spiro atoms. The number of nitrogens with zero attached hydrogens (tertiary/aromatic N) is 2. The van der Waals surface area contributed by atoms with Gasteiger partial charge >= 0.3 is 0 Å². The van der Waals surface area contributed by atoms with Crippen LogP contribution in [0.3, 0.4) is 0 Å². The molecule has 106 valence electrons. The van der Waals surface area contributed by atoms with Crippen molar-refractivity contribution in [3.63, 3.8) is 0 Å². The quantitative estimate of drug-likeness (QED) is 0.699. The van der Waals surface area contributed by atoms with Crippen LogP contribution < -0.4 is 10.6 Å². The van der Waals surface area contributed by atoms with Crippen LogP contribution in [-0.2, 0) is 11.3 Å². The van der Waals surface area contributed by atoms with Crippen LogP contribution in [0, 0.1) is 6.92 Å². The monoisotopic (exact) mass is 264 g/mol. The minimum atomic E-state index is -0.120. The van der Waals surface area contributed by atoms with E-state index in [4.69, 9.17) is 0 Å². The first kappa shape index (κ1) is 15.6. The second-order valence-corrected chi connectivity index (χ2v) is 4.70. The Hall–Kier alpha value is -1.49. The number of likely N-dealkylation sites (N-methyl/N-ethyl adjacent to an activating group) is 1. The van der Waals surface area contributed by atoms with Crippen molar-refractivity contribution in [3.05, 3.63) is 23.8 Å². The lowest BCUT2D eigenvalue weighted by Gasteiger charge is -2.15. The molecule has 19 heavy (non-hydrogen) atoms. The van der Waals surface area contributed by atoms with Crippen LogP contribution in [0.2, 0.25) is 0 Å². The lowest BCUT2D eigenvalue weighted by atomic mass is 10.1. The molecule has 1 amide bonds. The van der Waals surface area contributed by atoms with Crippen molar-refractivity contribution in [2.45, 2.75) is 52.1 Å². The van der Waals surface area contributed by atoms with E-state index < -0.39 is 0 Å². The number of rotatable bonds is 8. The van der Waals surface area contributed by atoms with E-state index in [2.05, 4.69) is 27.5 Å². The Morgan fingerprint density at radius 3 is 2.68 bits per heavy atom. The molecule has 0 fully saturated rings. The lowest BCUT2D eigenvalue weighted by molar-refractivity contribution is -0.123. The Morgan fingerprint density at radius 1 is 1.32 bits per heavy atom. The first-order valence-corrected chi connectivity index (χ1v) is 6.89. The number of amides is 1. The number of hydrogen-bond acceptors (Lipinski definition) is 4. The molecule has 0 bridgehead atoms. The normalized spacial score (nSPS) is 12.2. The molecule has 0 saturated carbocycles. The van der Waals surface area contributed by atoms with Gasteiger partial charge in [0.2, 0.25) is 5.91 Å². The number of hydrogen-bond donors (Lipinski definition) is 2. The van der Waals surface area contributed by atoms with Crippen LogP contribution in [0.15, 0.2) is 12.4 Å². The van der Waals surface area contributed by atoms with Crippen molar-refractivity contribution in [2.24, 2.45) is 0 Å². The molecule has 1 atom stereocenters. The van der Waals surface area contributed by atoms with E-state index in [-0.39, 0.29) is 11.9 Å². The fourth-order valence-electron chi connectivity index (χ4n) is 1.82. The van der Waals surface area contributed by atoms with E-state index >= 15 is 0 Å². The predicted molar refractivity (Wildman–Crippen MR) is 75.6 cm³/mol. The van der Waals surface area contributed by atoms with Crippen molar-refractivity contribution in [3.8, 4) is 0 Å². The number of aryl methyl sites for hydroxylation is 1. The summed E-state index contributed by atoms with van der Waals surface area (Å²) >= 11 is 0. The molecule has 1 heterocycles. The molecule has 0 aliphatic heterocycles. The molecule has 0 radical (unpaired) electrons. The van der Waals surface area contributed by atoms with Gasteiger partial charge in [0.15, 0.2) is 0 Å². The van der Waals surface area contributed by atoms with E-state index in [1.807, 2.05) is 14.0 Å². The van der Waals surface area contributed by atoms with Gasteiger partial charge in [-0.3, -0.25) is 14.8 Å². The van der Waals surface area contributed by atoms with Crippen molar-refractivity contribution >= 4 is 5.91 Å². The number of unbranched alkanes of at least 4 members (excludes halogenated alkanes) is 2. The maximum atomic E-state index is 12.0. The summed E-state index contributed by atoms with van der Waals surface area (Å²) in [6.07, 6.45) is 7.67. The molecule has 2 N–H and O–H groups in total. The fourth-order valence-corrected chi connectivity index (χ4v) is 1.82. The third-order valence-corrected chi connectivity index (χ3v) is 3.04. The molecule has 5 heteroatoms. The van der Waals surface area contributed by atoms with E-state index in [1.54, 1.807) is 12.4 Å². The summed E-state index contributed by atoms with van der Waals surface area (Å²) < 4.78 is 0. The smallest absolute Gasteiger partial charge is 0.237 e. The van der Waals surface area contributed by atoms with Gasteiger partial charge in [0.25, 0.3) is 0 Å². The zero-order chi connectivity index (χ0) is 14.1. The maximum absolute atomic E-state index is 12.0. The summed E-state index contributed by atoms with van der Waals surface area (Å²) in [4.78, 5) is 20.4. The SMILES string of the molecule is CCCCCC(NC)C(=O)NCc1cnc(C)cn1. The van der Waals surface area contributed by atoms with Gasteiger partial charge in [-0.1, -0.05) is 26.2 Å². The van der Waals surface area contributed by atoms with Gasteiger partial charge in [-0.15, -0.1) is 0 Å². The number of carbonyl (C=O) groups excluding carboxylic acids is 1. The third-order valence-electron chi connectivity index (χ3n) is 3.04. The molecule has 1 aromatic rings. The zero-order valence-corrected chi connectivity index (χ0v) is 12.1. The Labute approximate surface area is 115 Å². The second-order valence-electron chi connectivity index (χ2n) is 4.70. The topological polar surface area (TPSA) is 66.9 Å². The highest BCUT2D eigenvalue weighted by Crippen LogP contribution is 2.03. The van der Waals surface area contributed by atoms with E-state index in [1.165, 1.54) is 0 Å². The minimum Gasteiger partial charge on any atom is -0.349 e. The van der Waals surface area contributed by atoms with E-state index in [0.717, 1.165) is 37.1 Å². The third kappa shape index (κ3) is 5.79. The summed E-state index contributed by atoms with van der Waals surface area (Å²) in [6.45, 7) is 4.47. The molecule has 0 aliphatic rings. The van der Waals surface area contributed by atoms with Crippen molar-refractivity contribution < 1.29 is 4.79 Å². The molecule has 0 aliphatic carbocycles. The molecule has 1 unspecified atom stereocenters. The Balaban J connectivity index is 2.37. The average molecular weight is 264 g/mol.